The van der Waals surface area contributed by atoms with E-state index in [1.807, 2.05) is 0 Å². The van der Waals surface area contributed by atoms with Crippen molar-refractivity contribution in [1.82, 2.24) is 10.2 Å². The Hall–Kier alpha value is -0.0800. The summed E-state index contributed by atoms with van der Waals surface area (Å²) in [6.45, 7) is 11.5. The zero-order valence-electron chi connectivity index (χ0n) is 10.9. The van der Waals surface area contributed by atoms with Gasteiger partial charge in [0.05, 0.1) is 0 Å². The van der Waals surface area contributed by atoms with E-state index < -0.39 is 0 Å². The third-order valence-electron chi connectivity index (χ3n) is 3.59. The number of hydrogen-bond acceptors (Lipinski definition) is 2. The molecular weight excluding hydrogens is 184 g/mol. The Morgan fingerprint density at radius 3 is 2.00 bits per heavy atom. The summed E-state index contributed by atoms with van der Waals surface area (Å²) in [5.74, 6) is 0. The lowest BCUT2D eigenvalue weighted by Gasteiger charge is -2.36. The summed E-state index contributed by atoms with van der Waals surface area (Å²) in [6, 6.07) is 2.27. The highest BCUT2D eigenvalue weighted by molar-refractivity contribution is 4.82. The molecule has 1 rings (SSSR count). The summed E-state index contributed by atoms with van der Waals surface area (Å²) < 4.78 is 0. The summed E-state index contributed by atoms with van der Waals surface area (Å²) >= 11 is 0. The molecule has 0 heterocycles. The van der Waals surface area contributed by atoms with E-state index in [-0.39, 0.29) is 0 Å². The Kier molecular flexibility index (Phi) is 5.62. The maximum Gasteiger partial charge on any atom is 0.00961 e. The lowest BCUT2D eigenvalue weighted by atomic mass is 9.90. The van der Waals surface area contributed by atoms with Crippen LogP contribution < -0.4 is 5.32 Å². The zero-order chi connectivity index (χ0) is 11.3. The normalized spacial score (nSPS) is 27.6. The van der Waals surface area contributed by atoms with Crippen LogP contribution in [-0.4, -0.2) is 36.1 Å². The van der Waals surface area contributed by atoms with Gasteiger partial charge in [-0.15, -0.1) is 0 Å². The molecule has 0 aliphatic heterocycles. The molecule has 0 saturated heterocycles. The molecule has 0 aromatic carbocycles. The Labute approximate surface area is 95.4 Å². The second kappa shape index (κ2) is 6.49. The SMILES string of the molecule is CCN(CC)C1CCC(NC(C)C)CC1. The fourth-order valence-electron chi connectivity index (χ4n) is 2.82. The molecule has 0 aromatic rings. The minimum absolute atomic E-state index is 0.639. The first-order valence-electron chi connectivity index (χ1n) is 6.67. The maximum atomic E-state index is 3.66. The molecule has 1 aliphatic carbocycles. The van der Waals surface area contributed by atoms with Crippen LogP contribution in [0.15, 0.2) is 0 Å². The number of rotatable bonds is 5. The fourth-order valence-corrected chi connectivity index (χ4v) is 2.82. The van der Waals surface area contributed by atoms with E-state index in [9.17, 15) is 0 Å². The van der Waals surface area contributed by atoms with E-state index in [1.54, 1.807) is 0 Å². The van der Waals surface area contributed by atoms with E-state index in [4.69, 9.17) is 0 Å². The van der Waals surface area contributed by atoms with E-state index in [0.29, 0.717) is 6.04 Å². The largest absolute Gasteiger partial charge is 0.312 e. The fraction of sp³-hybridized carbons (Fsp3) is 1.00. The van der Waals surface area contributed by atoms with Crippen molar-refractivity contribution in [3.05, 3.63) is 0 Å². The third kappa shape index (κ3) is 4.12. The van der Waals surface area contributed by atoms with Crippen molar-refractivity contribution in [3.63, 3.8) is 0 Å². The van der Waals surface area contributed by atoms with Crippen molar-refractivity contribution in [1.29, 1.82) is 0 Å². The maximum absolute atomic E-state index is 3.66. The molecule has 1 N–H and O–H groups in total. The van der Waals surface area contributed by atoms with Gasteiger partial charge in [0.25, 0.3) is 0 Å². The second-order valence-electron chi connectivity index (χ2n) is 5.05. The summed E-state index contributed by atoms with van der Waals surface area (Å²) in [7, 11) is 0. The molecule has 0 amide bonds. The highest BCUT2D eigenvalue weighted by atomic mass is 15.1. The van der Waals surface area contributed by atoms with E-state index in [0.717, 1.165) is 12.1 Å². The molecular formula is C13H28N2. The van der Waals surface area contributed by atoms with Crippen molar-refractivity contribution >= 4 is 0 Å². The Morgan fingerprint density at radius 1 is 1.07 bits per heavy atom. The van der Waals surface area contributed by atoms with Crippen LogP contribution in [0.5, 0.6) is 0 Å². The van der Waals surface area contributed by atoms with Crippen LogP contribution in [0, 0.1) is 0 Å². The molecule has 1 saturated carbocycles. The van der Waals surface area contributed by atoms with Gasteiger partial charge in [-0.3, -0.25) is 0 Å². The van der Waals surface area contributed by atoms with Gasteiger partial charge in [-0.25, -0.2) is 0 Å². The highest BCUT2D eigenvalue weighted by Crippen LogP contribution is 2.23. The van der Waals surface area contributed by atoms with Crippen LogP contribution in [0.3, 0.4) is 0 Å². The minimum atomic E-state index is 0.639. The molecule has 0 spiro atoms. The van der Waals surface area contributed by atoms with E-state index in [1.165, 1.54) is 38.8 Å². The molecule has 0 atom stereocenters. The zero-order valence-corrected chi connectivity index (χ0v) is 10.9. The third-order valence-corrected chi connectivity index (χ3v) is 3.59. The molecule has 0 unspecified atom stereocenters. The highest BCUT2D eigenvalue weighted by Gasteiger charge is 2.24. The van der Waals surface area contributed by atoms with Gasteiger partial charge >= 0.3 is 0 Å². The summed E-state index contributed by atoms with van der Waals surface area (Å²) in [5, 5.41) is 3.66. The average molecular weight is 212 g/mol. The molecule has 90 valence electrons. The van der Waals surface area contributed by atoms with Gasteiger partial charge in [0.15, 0.2) is 0 Å². The van der Waals surface area contributed by atoms with Gasteiger partial charge in [0, 0.05) is 18.1 Å². The quantitative estimate of drug-likeness (QED) is 0.753. The van der Waals surface area contributed by atoms with Crippen molar-refractivity contribution in [2.45, 2.75) is 71.5 Å². The van der Waals surface area contributed by atoms with Gasteiger partial charge < -0.3 is 10.2 Å². The van der Waals surface area contributed by atoms with Crippen molar-refractivity contribution in [2.75, 3.05) is 13.1 Å². The first kappa shape index (κ1) is 13.0. The summed E-state index contributed by atoms with van der Waals surface area (Å²) in [6.07, 6.45) is 5.48. The molecule has 0 aromatic heterocycles. The molecule has 2 nitrogen and oxygen atoms in total. The standard InChI is InChI=1S/C13H28N2/c1-5-15(6-2)13-9-7-12(8-10-13)14-11(3)4/h11-14H,5-10H2,1-4H3. The van der Waals surface area contributed by atoms with E-state index >= 15 is 0 Å². The lowest BCUT2D eigenvalue weighted by Crippen LogP contribution is -2.43. The molecule has 1 fully saturated rings. The van der Waals surface area contributed by atoms with Crippen LogP contribution in [-0.2, 0) is 0 Å². The Balaban J connectivity index is 2.28. The average Bonchev–Trinajstić information content (AvgIpc) is 2.21. The van der Waals surface area contributed by atoms with Crippen LogP contribution in [0.2, 0.25) is 0 Å². The second-order valence-corrected chi connectivity index (χ2v) is 5.05. The van der Waals surface area contributed by atoms with Crippen LogP contribution in [0.4, 0.5) is 0 Å². The summed E-state index contributed by atoms with van der Waals surface area (Å²) in [5.41, 5.74) is 0. The number of nitrogens with one attached hydrogen (secondary N) is 1. The van der Waals surface area contributed by atoms with Gasteiger partial charge in [-0.05, 0) is 38.8 Å². The number of hydrogen-bond donors (Lipinski definition) is 1. The number of nitrogens with zero attached hydrogens (tertiary/aromatic N) is 1. The first-order chi connectivity index (χ1) is 7.17. The predicted octanol–water partition coefficient (Wildman–Crippen LogP) is 2.64. The van der Waals surface area contributed by atoms with Crippen LogP contribution in [0.25, 0.3) is 0 Å². The van der Waals surface area contributed by atoms with Crippen molar-refractivity contribution < 1.29 is 0 Å². The van der Waals surface area contributed by atoms with Crippen LogP contribution >= 0.6 is 0 Å². The first-order valence-corrected chi connectivity index (χ1v) is 6.67. The van der Waals surface area contributed by atoms with Crippen LogP contribution in [0.1, 0.15) is 53.4 Å². The molecule has 0 bridgehead atoms. The smallest absolute Gasteiger partial charge is 0.00961 e. The molecule has 0 radical (unpaired) electrons. The molecule has 1 aliphatic rings. The Bertz CT molecular complexity index is 156. The molecule has 2 heteroatoms. The molecule has 15 heavy (non-hydrogen) atoms. The summed E-state index contributed by atoms with van der Waals surface area (Å²) in [4.78, 5) is 2.62. The van der Waals surface area contributed by atoms with Gasteiger partial charge in [-0.1, -0.05) is 27.7 Å². The Morgan fingerprint density at radius 2 is 1.60 bits per heavy atom. The van der Waals surface area contributed by atoms with E-state index in [2.05, 4.69) is 37.9 Å². The topological polar surface area (TPSA) is 15.3 Å². The van der Waals surface area contributed by atoms with Gasteiger partial charge in [-0.2, -0.15) is 0 Å². The predicted molar refractivity (Wildman–Crippen MR) is 67.2 cm³/mol. The van der Waals surface area contributed by atoms with Gasteiger partial charge in [0.1, 0.15) is 0 Å². The van der Waals surface area contributed by atoms with Crippen molar-refractivity contribution in [3.8, 4) is 0 Å². The lowest BCUT2D eigenvalue weighted by molar-refractivity contribution is 0.155. The van der Waals surface area contributed by atoms with Crippen molar-refractivity contribution in [2.24, 2.45) is 0 Å². The minimum Gasteiger partial charge on any atom is -0.312 e. The van der Waals surface area contributed by atoms with Gasteiger partial charge in [0.2, 0.25) is 0 Å². The monoisotopic (exact) mass is 212 g/mol.